The predicted molar refractivity (Wildman–Crippen MR) is 129 cm³/mol. The predicted octanol–water partition coefficient (Wildman–Crippen LogP) is 2.33. The molecule has 1 aliphatic rings. The van der Waals surface area contributed by atoms with Gasteiger partial charge in [-0.2, -0.15) is 4.31 Å². The Morgan fingerprint density at radius 1 is 1.06 bits per heavy atom. The molecule has 4 aromatic rings. The summed E-state index contributed by atoms with van der Waals surface area (Å²) >= 11 is 0. The second-order valence-corrected chi connectivity index (χ2v) is 10.6. The molecule has 0 bridgehead atoms. The maximum absolute atomic E-state index is 13.1. The highest BCUT2D eigenvalue weighted by Gasteiger charge is 2.31. The molecule has 0 spiro atoms. The van der Waals surface area contributed by atoms with Crippen LogP contribution in [0.1, 0.15) is 47.4 Å². The third-order valence-corrected chi connectivity index (χ3v) is 8.22. The fourth-order valence-corrected chi connectivity index (χ4v) is 5.79. The van der Waals surface area contributed by atoms with E-state index in [1.165, 1.54) is 35.5 Å². The zero-order valence-electron chi connectivity index (χ0n) is 19.1. The van der Waals surface area contributed by atoms with Gasteiger partial charge in [0, 0.05) is 24.6 Å². The highest BCUT2D eigenvalue weighted by molar-refractivity contribution is 7.89. The molecule has 0 amide bonds. The van der Waals surface area contributed by atoms with Gasteiger partial charge in [0.1, 0.15) is 5.82 Å². The molecule has 0 unspecified atom stereocenters. The van der Waals surface area contributed by atoms with Crippen molar-refractivity contribution in [3.05, 3.63) is 81.9 Å². The Balaban J connectivity index is 1.34. The standard InChI is InChI=1S/C24H24N6O4S/c1-16(31)18-7-9-20(10-8-18)35(33,34)29-13-11-19(12-14-29)22-25-23-21(24(32)26-22)27-28-30(23)15-17-5-3-2-4-6-17/h2-10,19H,11-15H2,1H3,(H,25,26,32). The number of aromatic amines is 1. The summed E-state index contributed by atoms with van der Waals surface area (Å²) in [6.07, 6.45) is 1.03. The van der Waals surface area contributed by atoms with E-state index in [4.69, 9.17) is 0 Å². The number of rotatable bonds is 6. The highest BCUT2D eigenvalue weighted by Crippen LogP contribution is 2.29. The lowest BCUT2D eigenvalue weighted by molar-refractivity contribution is 0.101. The summed E-state index contributed by atoms with van der Waals surface area (Å²) in [5, 5.41) is 8.10. The molecule has 1 saturated heterocycles. The third kappa shape index (κ3) is 4.52. The summed E-state index contributed by atoms with van der Waals surface area (Å²) < 4.78 is 29.2. The van der Waals surface area contributed by atoms with Gasteiger partial charge in [0.25, 0.3) is 5.56 Å². The van der Waals surface area contributed by atoms with Gasteiger partial charge in [-0.3, -0.25) is 9.59 Å². The summed E-state index contributed by atoms with van der Waals surface area (Å²) in [7, 11) is -3.68. The van der Waals surface area contributed by atoms with E-state index in [0.717, 1.165) is 5.56 Å². The van der Waals surface area contributed by atoms with Crippen LogP contribution in [0.25, 0.3) is 11.2 Å². The third-order valence-electron chi connectivity index (χ3n) is 6.31. The number of ketones is 1. The van der Waals surface area contributed by atoms with Crippen molar-refractivity contribution in [1.82, 2.24) is 29.3 Å². The second-order valence-electron chi connectivity index (χ2n) is 8.61. The molecule has 35 heavy (non-hydrogen) atoms. The van der Waals surface area contributed by atoms with Crippen molar-refractivity contribution in [2.45, 2.75) is 37.1 Å². The van der Waals surface area contributed by atoms with E-state index < -0.39 is 10.0 Å². The normalized spacial score (nSPS) is 15.5. The number of nitrogens with zero attached hydrogens (tertiary/aromatic N) is 5. The minimum atomic E-state index is -3.68. The number of aromatic nitrogens is 5. The number of carbonyl (C=O) groups is 1. The Bertz CT molecular complexity index is 1540. The van der Waals surface area contributed by atoms with E-state index in [9.17, 15) is 18.0 Å². The van der Waals surface area contributed by atoms with Crippen molar-refractivity contribution >= 4 is 27.0 Å². The SMILES string of the molecule is CC(=O)c1ccc(S(=O)(=O)N2CCC(c3nc4c(nnn4Cc4ccccc4)c(=O)[nH]3)CC2)cc1. The first-order valence-electron chi connectivity index (χ1n) is 11.3. The summed E-state index contributed by atoms with van der Waals surface area (Å²) in [6, 6.07) is 15.7. The number of H-pyrrole nitrogens is 1. The summed E-state index contributed by atoms with van der Waals surface area (Å²) in [6.45, 7) is 2.47. The fourth-order valence-electron chi connectivity index (χ4n) is 4.32. The lowest BCUT2D eigenvalue weighted by atomic mass is 9.97. The summed E-state index contributed by atoms with van der Waals surface area (Å²) in [5.74, 6) is 0.300. The smallest absolute Gasteiger partial charge is 0.281 e. The fraction of sp³-hybridized carbons (Fsp3) is 0.292. The van der Waals surface area contributed by atoms with Gasteiger partial charge in [-0.15, -0.1) is 5.10 Å². The molecule has 1 fully saturated rings. The first-order chi connectivity index (χ1) is 16.8. The molecule has 0 saturated carbocycles. The van der Waals surface area contributed by atoms with Crippen LogP contribution in [0.2, 0.25) is 0 Å². The molecule has 3 heterocycles. The topological polar surface area (TPSA) is 131 Å². The van der Waals surface area contributed by atoms with Crippen LogP contribution in [0.15, 0.2) is 64.3 Å². The van der Waals surface area contributed by atoms with E-state index >= 15 is 0 Å². The molecule has 0 aliphatic carbocycles. The number of sulfonamides is 1. The average Bonchev–Trinajstić information content (AvgIpc) is 3.28. The number of hydrogen-bond donors (Lipinski definition) is 1. The van der Waals surface area contributed by atoms with Crippen LogP contribution in [0.4, 0.5) is 0 Å². The molecule has 5 rings (SSSR count). The van der Waals surface area contributed by atoms with E-state index in [-0.39, 0.29) is 27.7 Å². The molecular weight excluding hydrogens is 468 g/mol. The first kappa shape index (κ1) is 23.1. The maximum atomic E-state index is 13.1. The van der Waals surface area contributed by atoms with Crippen molar-refractivity contribution in [1.29, 1.82) is 0 Å². The van der Waals surface area contributed by atoms with Gasteiger partial charge in [-0.1, -0.05) is 47.7 Å². The van der Waals surface area contributed by atoms with Crippen molar-refractivity contribution < 1.29 is 13.2 Å². The quantitative estimate of drug-likeness (QED) is 0.409. The van der Waals surface area contributed by atoms with Crippen LogP contribution in [0.3, 0.4) is 0 Å². The Hall–Kier alpha value is -3.70. The number of carbonyl (C=O) groups excluding carboxylic acids is 1. The molecular formula is C24H24N6O4S. The number of Topliss-reactive ketones (excluding diaryl/α,β-unsaturated/α-hetero) is 1. The number of hydrogen-bond acceptors (Lipinski definition) is 7. The van der Waals surface area contributed by atoms with Gasteiger partial charge in [0.2, 0.25) is 10.0 Å². The average molecular weight is 493 g/mol. The van der Waals surface area contributed by atoms with Crippen molar-refractivity contribution in [2.75, 3.05) is 13.1 Å². The summed E-state index contributed by atoms with van der Waals surface area (Å²) in [4.78, 5) is 31.8. The van der Waals surface area contributed by atoms with E-state index in [0.29, 0.717) is 49.5 Å². The van der Waals surface area contributed by atoms with Crippen LogP contribution in [-0.2, 0) is 16.6 Å². The Labute approximate surface area is 201 Å². The second kappa shape index (κ2) is 9.16. The zero-order chi connectivity index (χ0) is 24.6. The van der Waals surface area contributed by atoms with Gasteiger partial charge in [-0.05, 0) is 37.5 Å². The van der Waals surface area contributed by atoms with Gasteiger partial charge in [0.15, 0.2) is 16.9 Å². The molecule has 1 N–H and O–H groups in total. The van der Waals surface area contributed by atoms with Gasteiger partial charge in [-0.25, -0.2) is 18.1 Å². The molecule has 1 aliphatic heterocycles. The number of nitrogens with one attached hydrogen (secondary N) is 1. The molecule has 180 valence electrons. The zero-order valence-corrected chi connectivity index (χ0v) is 19.9. The van der Waals surface area contributed by atoms with Crippen LogP contribution in [0.5, 0.6) is 0 Å². The molecule has 2 aromatic carbocycles. The summed E-state index contributed by atoms with van der Waals surface area (Å²) in [5.41, 5.74) is 1.71. The molecule has 0 radical (unpaired) electrons. The van der Waals surface area contributed by atoms with Crippen LogP contribution in [0, 0.1) is 0 Å². The Morgan fingerprint density at radius 2 is 1.74 bits per heavy atom. The minimum absolute atomic E-state index is 0.0984. The lowest BCUT2D eigenvalue weighted by Crippen LogP contribution is -2.38. The number of benzene rings is 2. The highest BCUT2D eigenvalue weighted by atomic mass is 32.2. The monoisotopic (exact) mass is 492 g/mol. The number of fused-ring (bicyclic) bond motifs is 1. The molecule has 2 aromatic heterocycles. The van der Waals surface area contributed by atoms with E-state index in [2.05, 4.69) is 20.3 Å². The molecule has 10 nitrogen and oxygen atoms in total. The Morgan fingerprint density at radius 3 is 2.40 bits per heavy atom. The van der Waals surface area contributed by atoms with Crippen molar-refractivity contribution in [3.8, 4) is 0 Å². The van der Waals surface area contributed by atoms with Crippen LogP contribution >= 0.6 is 0 Å². The van der Waals surface area contributed by atoms with Gasteiger partial charge < -0.3 is 4.98 Å². The first-order valence-corrected chi connectivity index (χ1v) is 12.8. The van der Waals surface area contributed by atoms with E-state index in [1.807, 2.05) is 30.3 Å². The van der Waals surface area contributed by atoms with Crippen molar-refractivity contribution in [3.63, 3.8) is 0 Å². The largest absolute Gasteiger partial charge is 0.308 e. The van der Waals surface area contributed by atoms with Crippen molar-refractivity contribution in [2.24, 2.45) is 0 Å². The van der Waals surface area contributed by atoms with Crippen LogP contribution < -0.4 is 5.56 Å². The lowest BCUT2D eigenvalue weighted by Gasteiger charge is -2.30. The Kier molecular flexibility index (Phi) is 6.03. The maximum Gasteiger partial charge on any atom is 0.281 e. The van der Waals surface area contributed by atoms with Crippen LogP contribution in [-0.4, -0.2) is 56.6 Å². The molecule has 0 atom stereocenters. The molecule has 11 heteroatoms. The van der Waals surface area contributed by atoms with E-state index in [1.54, 1.807) is 4.68 Å². The number of piperidine rings is 1. The van der Waals surface area contributed by atoms with Gasteiger partial charge >= 0.3 is 0 Å². The minimum Gasteiger partial charge on any atom is -0.308 e. The van der Waals surface area contributed by atoms with Gasteiger partial charge in [0.05, 0.1) is 11.4 Å².